The molecule has 3 aromatic rings. The molecular weight excluding hydrogens is 342 g/mol. The van der Waals surface area contributed by atoms with Gasteiger partial charge in [-0.05, 0) is 17.2 Å². The number of benzene rings is 2. The Labute approximate surface area is 146 Å². The van der Waals surface area contributed by atoms with Crippen molar-refractivity contribution in [3.05, 3.63) is 63.6 Å². The van der Waals surface area contributed by atoms with E-state index >= 15 is 0 Å². The average molecular weight is 355 g/mol. The van der Waals surface area contributed by atoms with Gasteiger partial charge in [-0.2, -0.15) is 0 Å². The smallest absolute Gasteiger partial charge is 0.322 e. The Balaban J connectivity index is 2.17. The van der Waals surface area contributed by atoms with Crippen LogP contribution in [-0.2, 0) is 4.79 Å². The fourth-order valence-corrected chi connectivity index (χ4v) is 3.55. The third kappa shape index (κ3) is 3.22. The molecule has 0 aliphatic carbocycles. The summed E-state index contributed by atoms with van der Waals surface area (Å²) in [5, 5.41) is 21.5. The highest BCUT2D eigenvalue weighted by Crippen LogP contribution is 2.35. The molecule has 1 amide bonds. The zero-order chi connectivity index (χ0) is 18.0. The summed E-state index contributed by atoms with van der Waals surface area (Å²) < 4.78 is -0.0674. The minimum atomic E-state index is -1.24. The van der Waals surface area contributed by atoms with Gasteiger partial charge in [-0.1, -0.05) is 53.8 Å². The molecule has 0 fully saturated rings. The molecule has 0 saturated carbocycles. The van der Waals surface area contributed by atoms with Crippen molar-refractivity contribution in [2.45, 2.75) is 0 Å². The number of carbonyl (C=O) groups excluding carboxylic acids is 1. The van der Waals surface area contributed by atoms with Gasteiger partial charge in [0.15, 0.2) is 0 Å². The molecule has 1 heterocycles. The Morgan fingerprint density at radius 1 is 1.04 bits per heavy atom. The maximum Gasteiger partial charge on any atom is 0.322 e. The van der Waals surface area contributed by atoms with E-state index in [1.54, 1.807) is 12.1 Å². The number of aliphatic carboxylic acids is 1. The van der Waals surface area contributed by atoms with E-state index in [9.17, 15) is 19.5 Å². The first kappa shape index (κ1) is 16.7. The number of carboxylic acids is 1. The number of hydrogen-bond donors (Lipinski definition) is 3. The summed E-state index contributed by atoms with van der Waals surface area (Å²) in [6.07, 6.45) is 0. The third-order valence-electron chi connectivity index (χ3n) is 3.62. The van der Waals surface area contributed by atoms with Crippen molar-refractivity contribution in [3.8, 4) is 16.9 Å². The molecule has 0 aliphatic rings. The predicted molar refractivity (Wildman–Crippen MR) is 95.2 cm³/mol. The maximum absolute atomic E-state index is 12.4. The molecule has 0 saturated heterocycles. The lowest BCUT2D eigenvalue weighted by Gasteiger charge is -2.10. The van der Waals surface area contributed by atoms with Gasteiger partial charge >= 0.3 is 5.97 Å². The van der Waals surface area contributed by atoms with Crippen LogP contribution in [0.25, 0.3) is 21.2 Å². The second-order valence-corrected chi connectivity index (χ2v) is 6.22. The topological polar surface area (TPSA) is 104 Å². The van der Waals surface area contributed by atoms with Gasteiger partial charge in [0.2, 0.25) is 4.74 Å². The van der Waals surface area contributed by atoms with Crippen molar-refractivity contribution in [3.63, 3.8) is 0 Å². The first-order valence-corrected chi connectivity index (χ1v) is 8.15. The number of hydrogen-bond acceptors (Lipinski definition) is 5. The van der Waals surface area contributed by atoms with Gasteiger partial charge in [-0.3, -0.25) is 14.4 Å². The Morgan fingerprint density at radius 2 is 1.76 bits per heavy atom. The van der Waals surface area contributed by atoms with Gasteiger partial charge in [-0.25, -0.2) is 0 Å². The van der Waals surface area contributed by atoms with Crippen LogP contribution >= 0.6 is 11.3 Å². The molecule has 0 aliphatic heterocycles. The highest BCUT2D eigenvalue weighted by molar-refractivity contribution is 7.17. The second-order valence-electron chi connectivity index (χ2n) is 5.24. The van der Waals surface area contributed by atoms with E-state index in [0.29, 0.717) is 10.1 Å². The van der Waals surface area contributed by atoms with Crippen LogP contribution in [0.4, 0.5) is 0 Å². The Morgan fingerprint density at radius 3 is 2.44 bits per heavy atom. The van der Waals surface area contributed by atoms with Gasteiger partial charge in [0.05, 0.1) is 0 Å². The molecule has 1 aromatic heterocycles. The molecule has 7 heteroatoms. The molecule has 0 unspecified atom stereocenters. The summed E-state index contributed by atoms with van der Waals surface area (Å²) in [4.78, 5) is 35.0. The third-order valence-corrected chi connectivity index (χ3v) is 4.65. The van der Waals surface area contributed by atoms with Crippen molar-refractivity contribution in [1.82, 2.24) is 5.32 Å². The number of aromatic hydroxyl groups is 1. The molecule has 25 heavy (non-hydrogen) atoms. The zero-order valence-electron chi connectivity index (χ0n) is 12.9. The lowest BCUT2D eigenvalue weighted by Crippen LogP contribution is -2.32. The van der Waals surface area contributed by atoms with Crippen LogP contribution in [0.3, 0.4) is 0 Å². The summed E-state index contributed by atoms with van der Waals surface area (Å²) in [6.45, 7) is -0.634. The number of fused-ring (bicyclic) bond motifs is 1. The molecule has 0 radical (unpaired) electrons. The van der Waals surface area contributed by atoms with E-state index in [1.807, 2.05) is 36.4 Å². The first-order valence-electron chi connectivity index (χ1n) is 7.33. The van der Waals surface area contributed by atoms with Crippen molar-refractivity contribution < 1.29 is 19.8 Å². The van der Waals surface area contributed by atoms with Crippen molar-refractivity contribution in [2.75, 3.05) is 6.54 Å². The monoisotopic (exact) mass is 355 g/mol. The van der Waals surface area contributed by atoms with Crippen LogP contribution < -0.4 is 10.1 Å². The summed E-state index contributed by atoms with van der Waals surface area (Å²) in [5.41, 5.74) is 1.21. The van der Waals surface area contributed by atoms with E-state index in [1.165, 1.54) is 0 Å². The fourth-order valence-electron chi connectivity index (χ4n) is 2.50. The first-order chi connectivity index (χ1) is 12.0. The Bertz CT molecular complexity index is 1030. The van der Waals surface area contributed by atoms with E-state index in [-0.39, 0.29) is 0 Å². The number of carbonyl (C=O) groups is 2. The highest BCUT2D eigenvalue weighted by Gasteiger charge is 2.21. The van der Waals surface area contributed by atoms with Gasteiger partial charge in [0.1, 0.15) is 17.9 Å². The zero-order valence-corrected chi connectivity index (χ0v) is 13.7. The lowest BCUT2D eigenvalue weighted by atomic mass is 10.0. The molecular formula is C18H13NO5S. The molecule has 2 aromatic carbocycles. The fraction of sp³-hybridized carbons (Fsp3) is 0.0556. The summed E-state index contributed by atoms with van der Waals surface area (Å²) in [5.74, 6) is -2.59. The lowest BCUT2D eigenvalue weighted by molar-refractivity contribution is -0.135. The number of rotatable bonds is 4. The van der Waals surface area contributed by atoms with Crippen LogP contribution in [0.2, 0.25) is 0 Å². The molecule has 126 valence electrons. The van der Waals surface area contributed by atoms with Crippen LogP contribution in [-0.4, -0.2) is 28.6 Å². The molecule has 3 rings (SSSR count). The standard InChI is InChI=1S/C18H13NO5S/c20-13(21)9-19-17(23)14-15(22)12-8-4-7-11(16(12)25-18(14)24)10-5-2-1-3-6-10/h1-8,22H,9H2,(H,19,23)(H,20,21). The van der Waals surface area contributed by atoms with Crippen LogP contribution in [0, 0.1) is 0 Å². The second kappa shape index (κ2) is 6.74. The number of amides is 1. The summed E-state index contributed by atoms with van der Waals surface area (Å²) in [6, 6.07) is 14.5. The van der Waals surface area contributed by atoms with Gasteiger partial charge in [0, 0.05) is 10.1 Å². The van der Waals surface area contributed by atoms with Crippen LogP contribution in [0.15, 0.2) is 53.3 Å². The van der Waals surface area contributed by atoms with Gasteiger partial charge in [0.25, 0.3) is 5.91 Å². The van der Waals surface area contributed by atoms with E-state index in [0.717, 1.165) is 22.5 Å². The van der Waals surface area contributed by atoms with E-state index < -0.39 is 34.5 Å². The summed E-state index contributed by atoms with van der Waals surface area (Å²) in [7, 11) is 0. The van der Waals surface area contributed by atoms with Crippen LogP contribution in [0.5, 0.6) is 5.75 Å². The van der Waals surface area contributed by atoms with E-state index in [4.69, 9.17) is 5.11 Å². The Kier molecular flexibility index (Phi) is 4.49. The van der Waals surface area contributed by atoms with Crippen molar-refractivity contribution in [1.29, 1.82) is 0 Å². The molecule has 3 N–H and O–H groups in total. The maximum atomic E-state index is 12.4. The minimum Gasteiger partial charge on any atom is -0.506 e. The van der Waals surface area contributed by atoms with Crippen molar-refractivity contribution >= 4 is 33.3 Å². The minimum absolute atomic E-state index is 0.367. The Hall–Kier alpha value is -3.19. The molecule has 6 nitrogen and oxygen atoms in total. The quantitative estimate of drug-likeness (QED) is 0.667. The number of carboxylic acid groups (broad SMARTS) is 1. The molecule has 0 atom stereocenters. The SMILES string of the molecule is O=C(O)CNC(=O)c1c(O)c2cccc(-c3ccccc3)c2sc1=O. The largest absolute Gasteiger partial charge is 0.506 e. The normalized spacial score (nSPS) is 10.6. The van der Waals surface area contributed by atoms with Gasteiger partial charge in [-0.15, -0.1) is 0 Å². The van der Waals surface area contributed by atoms with Crippen molar-refractivity contribution in [2.24, 2.45) is 0 Å². The highest BCUT2D eigenvalue weighted by atomic mass is 32.1. The van der Waals surface area contributed by atoms with Crippen LogP contribution in [0.1, 0.15) is 10.4 Å². The molecule has 0 bridgehead atoms. The van der Waals surface area contributed by atoms with E-state index in [2.05, 4.69) is 5.32 Å². The summed E-state index contributed by atoms with van der Waals surface area (Å²) >= 11 is 0.843. The average Bonchev–Trinajstić information content (AvgIpc) is 2.60. The number of nitrogens with one attached hydrogen (secondary N) is 1. The molecule has 0 spiro atoms. The van der Waals surface area contributed by atoms with Gasteiger partial charge < -0.3 is 15.5 Å². The predicted octanol–water partition coefficient (Wildman–Crippen LogP) is 2.45.